The normalized spacial score (nSPS) is 19.8. The van der Waals surface area contributed by atoms with Gasteiger partial charge in [-0.05, 0) is 74.6 Å². The largest absolute Gasteiger partial charge is 0.379 e. The number of rotatable bonds is 9. The lowest BCUT2D eigenvalue weighted by molar-refractivity contribution is -0.129. The number of carbonyl (C=O) groups is 3. The van der Waals surface area contributed by atoms with Crippen molar-refractivity contribution in [3.8, 4) is 11.1 Å². The monoisotopic (exact) mass is 599 g/mol. The molecular weight excluding hydrogens is 554 g/mol. The molecule has 2 saturated heterocycles. The summed E-state index contributed by atoms with van der Waals surface area (Å²) in [5.74, 6) is -0.773. The lowest BCUT2D eigenvalue weighted by atomic mass is 9.95. The molecule has 3 amide bonds. The van der Waals surface area contributed by atoms with Crippen LogP contribution in [0.5, 0.6) is 0 Å². The molecule has 3 aliphatic heterocycles. The van der Waals surface area contributed by atoms with E-state index in [0.29, 0.717) is 11.3 Å². The second-order valence-electron chi connectivity index (χ2n) is 12.1. The van der Waals surface area contributed by atoms with Gasteiger partial charge in [-0.2, -0.15) is 0 Å². The summed E-state index contributed by atoms with van der Waals surface area (Å²) in [5.41, 5.74) is 6.39. The average molecular weight is 600 g/mol. The number of nitrogens with one attached hydrogen (secondary N) is 1. The van der Waals surface area contributed by atoms with Crippen molar-refractivity contribution >= 4 is 29.1 Å². The van der Waals surface area contributed by atoms with Crippen LogP contribution in [0.4, 0.5) is 5.69 Å². The molecule has 9 heteroatoms. The maximum Gasteiger partial charge on any atom is 0.254 e. The highest BCUT2D eigenvalue weighted by Gasteiger charge is 2.27. The number of hydrogen-bond acceptors (Lipinski definition) is 6. The highest BCUT2D eigenvalue weighted by molar-refractivity contribution is 6.06. The molecule has 5 rings (SSSR count). The highest BCUT2D eigenvalue weighted by atomic mass is 16.5. The Morgan fingerprint density at radius 1 is 1.00 bits per heavy atom. The first-order valence-corrected chi connectivity index (χ1v) is 15.8. The number of carbonyl (C=O) groups excluding carboxylic acids is 3. The Bertz CT molecular complexity index is 1420. The Morgan fingerprint density at radius 3 is 2.34 bits per heavy atom. The number of amides is 3. The van der Waals surface area contributed by atoms with Crippen molar-refractivity contribution in [1.29, 1.82) is 0 Å². The number of ether oxygens (including phenoxy) is 1. The van der Waals surface area contributed by atoms with Crippen LogP contribution in [0.25, 0.3) is 11.1 Å². The minimum Gasteiger partial charge on any atom is -0.379 e. The standard InChI is InChI=1S/C35H45N5O4/c1-5-40(31-10-12-39(13-11-31)26(4)41)32-20-29(28-8-6-27(7-9-28)23-38-14-16-44-17-15-38)19-30(21-32)34(42)36-22-33-24(2)18-25(3)37-35(33)43/h6-9,18-21,31,33H,5,10-17,22-23H2,1-4H3,(H,36,42). The summed E-state index contributed by atoms with van der Waals surface area (Å²) in [6.07, 6.45) is 3.66. The fourth-order valence-corrected chi connectivity index (χ4v) is 6.49. The van der Waals surface area contributed by atoms with Crippen molar-refractivity contribution in [2.75, 3.05) is 57.4 Å². The van der Waals surface area contributed by atoms with Gasteiger partial charge in [-0.3, -0.25) is 19.3 Å². The molecule has 9 nitrogen and oxygen atoms in total. The Labute approximate surface area is 260 Å². The van der Waals surface area contributed by atoms with Gasteiger partial charge >= 0.3 is 0 Å². The van der Waals surface area contributed by atoms with Gasteiger partial charge in [-0.1, -0.05) is 29.8 Å². The van der Waals surface area contributed by atoms with Crippen LogP contribution in [-0.2, 0) is 20.9 Å². The van der Waals surface area contributed by atoms with E-state index in [1.807, 2.05) is 37.0 Å². The first-order valence-electron chi connectivity index (χ1n) is 15.8. The number of morpholine rings is 1. The van der Waals surface area contributed by atoms with Crippen LogP contribution in [0.1, 0.15) is 56.5 Å². The first kappa shape index (κ1) is 31.6. The Morgan fingerprint density at radius 2 is 1.70 bits per heavy atom. The van der Waals surface area contributed by atoms with Crippen LogP contribution < -0.4 is 10.2 Å². The quantitative estimate of drug-likeness (QED) is 0.462. The Hall–Kier alpha value is -3.82. The van der Waals surface area contributed by atoms with Gasteiger partial charge in [0.25, 0.3) is 11.8 Å². The SMILES string of the molecule is CCN(c1cc(C(=O)NCC2C(=O)N=C(C)C=C2C)cc(-c2ccc(CN3CCOCC3)cc2)c1)C1CCN(C(C)=O)CC1. The summed E-state index contributed by atoms with van der Waals surface area (Å²) >= 11 is 0. The number of nitrogens with zero attached hydrogens (tertiary/aromatic N) is 4. The molecule has 1 unspecified atom stereocenters. The maximum absolute atomic E-state index is 13.6. The summed E-state index contributed by atoms with van der Waals surface area (Å²) in [7, 11) is 0. The fraction of sp³-hybridized carbons (Fsp3) is 0.486. The van der Waals surface area contributed by atoms with Crippen molar-refractivity contribution in [2.24, 2.45) is 10.9 Å². The van der Waals surface area contributed by atoms with Crippen LogP contribution in [0.15, 0.2) is 59.1 Å². The van der Waals surface area contributed by atoms with Gasteiger partial charge in [-0.25, -0.2) is 4.99 Å². The lowest BCUT2D eigenvalue weighted by Gasteiger charge is -2.39. The van der Waals surface area contributed by atoms with Crippen LogP contribution in [0.3, 0.4) is 0 Å². The Kier molecular flexibility index (Phi) is 10.3. The van der Waals surface area contributed by atoms with Gasteiger partial charge in [0.2, 0.25) is 5.91 Å². The van der Waals surface area contributed by atoms with E-state index in [2.05, 4.69) is 57.4 Å². The molecule has 3 heterocycles. The van der Waals surface area contributed by atoms with E-state index in [-0.39, 0.29) is 30.3 Å². The van der Waals surface area contributed by atoms with Crippen LogP contribution in [-0.4, -0.2) is 91.8 Å². The van der Waals surface area contributed by atoms with Gasteiger partial charge in [0.05, 0.1) is 19.1 Å². The van der Waals surface area contributed by atoms with Crippen LogP contribution >= 0.6 is 0 Å². The van der Waals surface area contributed by atoms with E-state index in [0.717, 1.165) is 87.7 Å². The summed E-state index contributed by atoms with van der Waals surface area (Å²) in [4.78, 5) is 48.9. The topological polar surface area (TPSA) is 94.6 Å². The molecule has 2 aromatic rings. The molecule has 0 radical (unpaired) electrons. The number of hydrogen-bond donors (Lipinski definition) is 1. The fourth-order valence-electron chi connectivity index (χ4n) is 6.49. The van der Waals surface area contributed by atoms with E-state index in [1.54, 1.807) is 6.92 Å². The molecule has 0 spiro atoms. The lowest BCUT2D eigenvalue weighted by Crippen LogP contribution is -2.46. The van der Waals surface area contributed by atoms with Crippen molar-refractivity contribution in [2.45, 2.75) is 53.1 Å². The van der Waals surface area contributed by atoms with Crippen molar-refractivity contribution in [3.05, 3.63) is 65.2 Å². The zero-order valence-electron chi connectivity index (χ0n) is 26.5. The summed E-state index contributed by atoms with van der Waals surface area (Å²) in [6, 6.07) is 14.9. The molecule has 44 heavy (non-hydrogen) atoms. The summed E-state index contributed by atoms with van der Waals surface area (Å²) in [6.45, 7) is 14.2. The molecule has 0 aromatic heterocycles. The molecular formula is C35H45N5O4. The van der Waals surface area contributed by atoms with Crippen molar-refractivity contribution in [1.82, 2.24) is 15.1 Å². The third kappa shape index (κ3) is 7.63. The number of likely N-dealkylation sites (tertiary alicyclic amines) is 1. The second kappa shape index (κ2) is 14.3. The third-order valence-corrected chi connectivity index (χ3v) is 9.04. The number of piperidine rings is 1. The number of allylic oxidation sites excluding steroid dienone is 1. The van der Waals surface area contributed by atoms with Gasteiger partial charge < -0.3 is 19.9 Å². The minimum atomic E-state index is -0.456. The predicted octanol–water partition coefficient (Wildman–Crippen LogP) is 4.32. The predicted molar refractivity (Wildman–Crippen MR) is 174 cm³/mol. The number of benzene rings is 2. The smallest absolute Gasteiger partial charge is 0.254 e. The number of anilines is 1. The summed E-state index contributed by atoms with van der Waals surface area (Å²) in [5, 5.41) is 3.01. The van der Waals surface area contributed by atoms with Crippen LogP contribution in [0, 0.1) is 5.92 Å². The first-order chi connectivity index (χ1) is 21.2. The molecule has 1 N–H and O–H groups in total. The average Bonchev–Trinajstić information content (AvgIpc) is 3.02. The zero-order valence-corrected chi connectivity index (χ0v) is 26.5. The van der Waals surface area contributed by atoms with Crippen molar-refractivity contribution in [3.63, 3.8) is 0 Å². The van der Waals surface area contributed by atoms with E-state index in [1.165, 1.54) is 5.56 Å². The molecule has 1 atom stereocenters. The van der Waals surface area contributed by atoms with E-state index >= 15 is 0 Å². The molecule has 3 aliphatic rings. The summed E-state index contributed by atoms with van der Waals surface area (Å²) < 4.78 is 5.49. The third-order valence-electron chi connectivity index (χ3n) is 9.04. The number of aliphatic imine (C=N–C) groups is 1. The molecule has 0 aliphatic carbocycles. The molecule has 0 saturated carbocycles. The van der Waals surface area contributed by atoms with Crippen LogP contribution in [0.2, 0.25) is 0 Å². The number of dihydropyridines is 1. The van der Waals surface area contributed by atoms with E-state index in [4.69, 9.17) is 4.74 Å². The van der Waals surface area contributed by atoms with Gasteiger partial charge in [0.15, 0.2) is 0 Å². The van der Waals surface area contributed by atoms with Crippen molar-refractivity contribution < 1.29 is 19.1 Å². The van der Waals surface area contributed by atoms with E-state index in [9.17, 15) is 14.4 Å². The Balaban J connectivity index is 1.40. The molecule has 2 aromatic carbocycles. The zero-order chi connectivity index (χ0) is 31.2. The van der Waals surface area contributed by atoms with E-state index < -0.39 is 5.92 Å². The molecule has 0 bridgehead atoms. The molecule has 234 valence electrons. The minimum absolute atomic E-state index is 0.118. The maximum atomic E-state index is 13.6. The van der Waals surface area contributed by atoms with Gasteiger partial charge in [0.1, 0.15) is 0 Å². The highest BCUT2D eigenvalue weighted by Crippen LogP contribution is 2.31. The van der Waals surface area contributed by atoms with Gasteiger partial charge in [-0.15, -0.1) is 0 Å². The second-order valence-corrected chi connectivity index (χ2v) is 12.1. The molecule has 2 fully saturated rings. The van der Waals surface area contributed by atoms with Gasteiger partial charge in [0, 0.05) is 75.7 Å².